The molecule has 2 bridgehead atoms. The highest BCUT2D eigenvalue weighted by atomic mass is 32.2. The normalized spacial score (nSPS) is 25.6. The van der Waals surface area contributed by atoms with Crippen molar-refractivity contribution in [2.45, 2.75) is 50.5 Å². The Labute approximate surface area is 161 Å². The van der Waals surface area contributed by atoms with Crippen molar-refractivity contribution < 1.29 is 18.0 Å². The van der Waals surface area contributed by atoms with Crippen molar-refractivity contribution in [1.29, 1.82) is 0 Å². The van der Waals surface area contributed by atoms with Crippen LogP contribution in [0.4, 0.5) is 0 Å². The molecule has 0 aliphatic heterocycles. The van der Waals surface area contributed by atoms with E-state index in [1.807, 2.05) is 6.92 Å². The van der Waals surface area contributed by atoms with Crippen LogP contribution in [0.1, 0.15) is 49.9 Å². The van der Waals surface area contributed by atoms with Crippen molar-refractivity contribution in [3.63, 3.8) is 0 Å². The molecular weight excluding hydrogens is 364 g/mol. The van der Waals surface area contributed by atoms with E-state index in [1.54, 1.807) is 0 Å². The summed E-state index contributed by atoms with van der Waals surface area (Å²) in [4.78, 5) is 23.8. The third-order valence-corrected chi connectivity index (χ3v) is 7.98. The predicted molar refractivity (Wildman–Crippen MR) is 103 cm³/mol. The minimum absolute atomic E-state index is 0.0683. The first-order chi connectivity index (χ1) is 12.7. The molecule has 0 radical (unpaired) electrons. The van der Waals surface area contributed by atoms with Crippen LogP contribution >= 0.6 is 0 Å². The number of nitrogens with one attached hydrogen (secondary N) is 1. The molecule has 1 aromatic rings. The third kappa shape index (κ3) is 4.24. The molecule has 0 saturated heterocycles. The van der Waals surface area contributed by atoms with Crippen LogP contribution < -0.4 is 5.32 Å². The fraction of sp³-hybridized carbons (Fsp3) is 0.600. The molecule has 6 nitrogen and oxygen atoms in total. The molecule has 2 aliphatic rings. The molecule has 2 saturated carbocycles. The van der Waals surface area contributed by atoms with Crippen LogP contribution in [0.3, 0.4) is 0 Å². The number of nitrogens with zero attached hydrogens (tertiary/aromatic N) is 1. The number of ketones is 1. The van der Waals surface area contributed by atoms with Crippen LogP contribution in [0, 0.1) is 17.8 Å². The summed E-state index contributed by atoms with van der Waals surface area (Å²) in [5.41, 5.74) is 0.453. The Bertz CT molecular complexity index is 819. The molecule has 1 aromatic carbocycles. The van der Waals surface area contributed by atoms with E-state index in [4.69, 9.17) is 0 Å². The van der Waals surface area contributed by atoms with Gasteiger partial charge in [-0.25, -0.2) is 8.42 Å². The monoisotopic (exact) mass is 392 g/mol. The Morgan fingerprint density at radius 1 is 1.19 bits per heavy atom. The number of carbonyl (C=O) groups excluding carboxylic acids is 2. The fourth-order valence-electron chi connectivity index (χ4n) is 4.64. The van der Waals surface area contributed by atoms with Gasteiger partial charge in [0.2, 0.25) is 15.9 Å². The van der Waals surface area contributed by atoms with Crippen molar-refractivity contribution in [3.8, 4) is 0 Å². The van der Waals surface area contributed by atoms with Crippen molar-refractivity contribution >= 4 is 21.7 Å². The van der Waals surface area contributed by atoms with Gasteiger partial charge in [0, 0.05) is 18.7 Å². The molecule has 1 amide bonds. The Morgan fingerprint density at radius 3 is 2.37 bits per heavy atom. The van der Waals surface area contributed by atoms with E-state index in [-0.39, 0.29) is 29.2 Å². The van der Waals surface area contributed by atoms with Gasteiger partial charge in [0.15, 0.2) is 5.78 Å². The van der Waals surface area contributed by atoms with E-state index in [9.17, 15) is 18.0 Å². The zero-order valence-electron chi connectivity index (χ0n) is 16.1. The number of fused-ring (bicyclic) bond motifs is 2. The van der Waals surface area contributed by atoms with Gasteiger partial charge in [0.25, 0.3) is 0 Å². The largest absolute Gasteiger partial charge is 0.352 e. The molecule has 1 N–H and O–H groups in total. The van der Waals surface area contributed by atoms with Crippen LogP contribution in [-0.2, 0) is 14.8 Å². The number of likely N-dealkylation sites (N-methyl/N-ethyl adjacent to an activating group) is 1. The lowest BCUT2D eigenvalue weighted by Gasteiger charge is -2.29. The summed E-state index contributed by atoms with van der Waals surface area (Å²) >= 11 is 0. The van der Waals surface area contributed by atoms with Gasteiger partial charge in [-0.15, -0.1) is 0 Å². The van der Waals surface area contributed by atoms with Gasteiger partial charge < -0.3 is 5.32 Å². The average molecular weight is 393 g/mol. The first-order valence-electron chi connectivity index (χ1n) is 9.55. The van der Waals surface area contributed by atoms with E-state index in [1.165, 1.54) is 63.9 Å². The molecular formula is C20H28N2O4S. The lowest BCUT2D eigenvalue weighted by atomic mass is 9.84. The maximum absolute atomic E-state index is 12.7. The van der Waals surface area contributed by atoms with Crippen LogP contribution in [0.5, 0.6) is 0 Å². The number of carbonyl (C=O) groups is 2. The van der Waals surface area contributed by atoms with Crippen LogP contribution in [-0.4, -0.2) is 44.0 Å². The number of hydrogen-bond donors (Lipinski definition) is 1. The molecule has 0 unspecified atom stereocenters. The number of sulfonamides is 1. The predicted octanol–water partition coefficient (Wildman–Crippen LogP) is 2.45. The molecule has 4 atom stereocenters. The summed E-state index contributed by atoms with van der Waals surface area (Å²) < 4.78 is 26.4. The Balaban J connectivity index is 1.58. The molecule has 27 heavy (non-hydrogen) atoms. The van der Waals surface area contributed by atoms with Crippen LogP contribution in [0.15, 0.2) is 29.2 Å². The first-order valence-corrected chi connectivity index (χ1v) is 11.0. The molecule has 2 fully saturated rings. The summed E-state index contributed by atoms with van der Waals surface area (Å²) in [7, 11) is -2.38. The van der Waals surface area contributed by atoms with E-state index in [0.29, 0.717) is 17.4 Å². The van der Waals surface area contributed by atoms with Crippen molar-refractivity contribution in [1.82, 2.24) is 9.62 Å². The number of rotatable bonds is 7. The highest BCUT2D eigenvalue weighted by Crippen LogP contribution is 2.49. The van der Waals surface area contributed by atoms with Gasteiger partial charge in [0.05, 0.1) is 11.4 Å². The Kier molecular flexibility index (Phi) is 5.72. The zero-order chi connectivity index (χ0) is 19.8. The van der Waals surface area contributed by atoms with Gasteiger partial charge in [-0.3, -0.25) is 9.59 Å². The number of Topliss-reactive ketones (excluding diaryl/α,β-unsaturated/α-hetero) is 1. The Hall–Kier alpha value is -1.73. The van der Waals surface area contributed by atoms with E-state index in [0.717, 1.165) is 10.2 Å². The van der Waals surface area contributed by atoms with E-state index in [2.05, 4.69) is 5.32 Å². The molecule has 7 heteroatoms. The summed E-state index contributed by atoms with van der Waals surface area (Å²) in [6.07, 6.45) is 5.00. The molecule has 0 aromatic heterocycles. The molecule has 0 spiro atoms. The number of amides is 1. The quantitative estimate of drug-likeness (QED) is 0.723. The Morgan fingerprint density at radius 2 is 1.85 bits per heavy atom. The SMILES string of the molecule is CC(=O)c1ccc(S(=O)(=O)N(C)CC(=O)N[C@@H](C)[C@@H]2C[C@H]3CC[C@H]2C3)cc1. The van der Waals surface area contributed by atoms with Crippen molar-refractivity contribution in [2.24, 2.45) is 17.8 Å². The highest BCUT2D eigenvalue weighted by molar-refractivity contribution is 7.89. The van der Waals surface area contributed by atoms with Gasteiger partial charge in [-0.1, -0.05) is 18.6 Å². The summed E-state index contributed by atoms with van der Waals surface area (Å²) in [6.45, 7) is 3.23. The summed E-state index contributed by atoms with van der Waals surface area (Å²) in [5.74, 6) is 1.61. The maximum atomic E-state index is 12.7. The lowest BCUT2D eigenvalue weighted by Crippen LogP contribution is -2.45. The minimum atomic E-state index is -3.78. The standard InChI is InChI=1S/C20H28N2O4S/c1-13(19-11-15-4-5-17(19)10-15)21-20(24)12-22(3)27(25,26)18-8-6-16(7-9-18)14(2)23/h6-9,13,15,17,19H,4-5,10-12H2,1-3H3,(H,21,24)/t13-,15-,17-,19-/m0/s1. The first kappa shape index (κ1) is 20.0. The molecule has 0 heterocycles. The summed E-state index contributed by atoms with van der Waals surface area (Å²) in [6, 6.07) is 5.84. The smallest absolute Gasteiger partial charge is 0.243 e. The second-order valence-corrected chi connectivity index (χ2v) is 10.1. The van der Waals surface area contributed by atoms with Crippen LogP contribution in [0.25, 0.3) is 0 Å². The number of benzene rings is 1. The van der Waals surface area contributed by atoms with Crippen LogP contribution in [0.2, 0.25) is 0 Å². The third-order valence-electron chi connectivity index (χ3n) is 6.16. The maximum Gasteiger partial charge on any atom is 0.243 e. The van der Waals surface area contributed by atoms with Gasteiger partial charge >= 0.3 is 0 Å². The average Bonchev–Trinajstić information content (AvgIpc) is 3.24. The molecule has 148 valence electrons. The van der Waals surface area contributed by atoms with E-state index < -0.39 is 10.0 Å². The van der Waals surface area contributed by atoms with Gasteiger partial charge in [0.1, 0.15) is 0 Å². The van der Waals surface area contributed by atoms with Crippen molar-refractivity contribution in [3.05, 3.63) is 29.8 Å². The molecule has 3 rings (SSSR count). The second kappa shape index (κ2) is 7.72. The van der Waals surface area contributed by atoms with Gasteiger partial charge in [-0.05, 0) is 63.0 Å². The minimum Gasteiger partial charge on any atom is -0.352 e. The second-order valence-electron chi connectivity index (χ2n) is 8.04. The molecule has 2 aliphatic carbocycles. The lowest BCUT2D eigenvalue weighted by molar-refractivity contribution is -0.122. The highest BCUT2D eigenvalue weighted by Gasteiger charge is 2.42. The van der Waals surface area contributed by atoms with Crippen molar-refractivity contribution in [2.75, 3.05) is 13.6 Å². The zero-order valence-corrected chi connectivity index (χ0v) is 17.0. The van der Waals surface area contributed by atoms with Gasteiger partial charge in [-0.2, -0.15) is 4.31 Å². The van der Waals surface area contributed by atoms with E-state index >= 15 is 0 Å². The topological polar surface area (TPSA) is 83.6 Å². The fourth-order valence-corrected chi connectivity index (χ4v) is 5.77. The number of hydrogen-bond acceptors (Lipinski definition) is 4. The summed E-state index contributed by atoms with van der Waals surface area (Å²) in [5, 5.41) is 3.00.